The van der Waals surface area contributed by atoms with Crippen LogP contribution in [0.1, 0.15) is 26.4 Å². The van der Waals surface area contributed by atoms with Crippen molar-refractivity contribution in [3.63, 3.8) is 0 Å². The van der Waals surface area contributed by atoms with Crippen LogP contribution in [0.15, 0.2) is 42.5 Å². The number of non-ortho nitro benzene ring substituents is 1. The summed E-state index contributed by atoms with van der Waals surface area (Å²) in [6.07, 6.45) is 0. The van der Waals surface area contributed by atoms with Crippen molar-refractivity contribution in [1.29, 1.82) is 0 Å². The summed E-state index contributed by atoms with van der Waals surface area (Å²) in [5.41, 5.74) is 1.79. The number of benzene rings is 2. The molecule has 0 aliphatic rings. The maximum Gasteiger partial charge on any atom is 0.340 e. The maximum atomic E-state index is 12.7. The number of aliphatic hydroxyl groups is 1. The fourth-order valence-electron chi connectivity index (χ4n) is 3.08. The van der Waals surface area contributed by atoms with Crippen molar-refractivity contribution in [3.8, 4) is 0 Å². The summed E-state index contributed by atoms with van der Waals surface area (Å²) in [6.45, 7) is 1.20. The minimum atomic E-state index is -0.875. The number of aromatic nitrogens is 1. The van der Waals surface area contributed by atoms with Crippen LogP contribution < -0.4 is 5.32 Å². The zero-order valence-electron chi connectivity index (χ0n) is 15.6. The van der Waals surface area contributed by atoms with Crippen LogP contribution in [0, 0.1) is 17.0 Å². The number of rotatable bonds is 8. The maximum absolute atomic E-state index is 12.7. The number of fused-ring (bicyclic) bond motifs is 1. The Bertz CT molecular complexity index is 1090. The molecular formula is C20H19N3O6. The van der Waals surface area contributed by atoms with Gasteiger partial charge in [0.25, 0.3) is 5.69 Å². The fraction of sp³-hybridized carbons (Fsp3) is 0.200. The Kier molecular flexibility index (Phi) is 5.89. The number of Topliss-reactive ketones (excluding diaryl/α,β-unsaturated/α-hetero) is 1. The highest BCUT2D eigenvalue weighted by Gasteiger charge is 2.21. The van der Waals surface area contributed by atoms with E-state index in [9.17, 15) is 19.7 Å². The van der Waals surface area contributed by atoms with Gasteiger partial charge in [-0.1, -0.05) is 18.2 Å². The molecule has 0 spiro atoms. The number of aliphatic hydroxyl groups excluding tert-OH is 1. The van der Waals surface area contributed by atoms with E-state index in [1.54, 1.807) is 19.1 Å². The van der Waals surface area contributed by atoms with Gasteiger partial charge in [-0.05, 0) is 19.1 Å². The van der Waals surface area contributed by atoms with Gasteiger partial charge in [-0.25, -0.2) is 4.79 Å². The van der Waals surface area contributed by atoms with Crippen LogP contribution in [-0.4, -0.2) is 46.5 Å². The third-order valence-electron chi connectivity index (χ3n) is 4.37. The number of carbonyl (C=O) groups excluding carboxylic acids is 2. The Morgan fingerprint density at radius 1 is 1.24 bits per heavy atom. The number of H-pyrrole nitrogens is 1. The minimum Gasteiger partial charge on any atom is -0.454 e. The van der Waals surface area contributed by atoms with Crippen molar-refractivity contribution < 1.29 is 24.4 Å². The molecule has 3 N–H and O–H groups in total. The number of carbonyl (C=O) groups is 2. The number of nitro benzene ring substituents is 1. The van der Waals surface area contributed by atoms with E-state index >= 15 is 0 Å². The number of hydrogen-bond acceptors (Lipinski definition) is 7. The number of nitrogens with zero attached hydrogens (tertiary/aromatic N) is 1. The molecule has 9 nitrogen and oxygen atoms in total. The molecule has 3 rings (SSSR count). The van der Waals surface area contributed by atoms with Crippen LogP contribution in [0.3, 0.4) is 0 Å². The second-order valence-electron chi connectivity index (χ2n) is 6.31. The molecule has 1 heterocycles. The first-order valence-corrected chi connectivity index (χ1v) is 8.83. The number of nitro groups is 1. The third kappa shape index (κ3) is 4.25. The molecule has 29 heavy (non-hydrogen) atoms. The quantitative estimate of drug-likeness (QED) is 0.230. The SMILES string of the molecule is Cc1[nH]c2ccccc2c1C(=O)COC(=O)c1cc([N+](=O)[O-])ccc1NCCO. The predicted octanol–water partition coefficient (Wildman–Crippen LogP) is 2.83. The van der Waals surface area contributed by atoms with Crippen LogP contribution in [0.5, 0.6) is 0 Å². The Morgan fingerprint density at radius 2 is 2.00 bits per heavy atom. The zero-order valence-corrected chi connectivity index (χ0v) is 15.6. The van der Waals surface area contributed by atoms with Crippen LogP contribution in [0.25, 0.3) is 10.9 Å². The largest absolute Gasteiger partial charge is 0.454 e. The van der Waals surface area contributed by atoms with Crippen molar-refractivity contribution in [3.05, 3.63) is 69.4 Å². The van der Waals surface area contributed by atoms with Gasteiger partial charge in [0.05, 0.1) is 17.1 Å². The van der Waals surface area contributed by atoms with Crippen LogP contribution in [0.2, 0.25) is 0 Å². The van der Waals surface area contributed by atoms with Crippen molar-refractivity contribution in [2.24, 2.45) is 0 Å². The molecule has 1 aromatic heterocycles. The zero-order chi connectivity index (χ0) is 21.0. The number of hydrogen-bond donors (Lipinski definition) is 3. The molecule has 0 unspecified atom stereocenters. The summed E-state index contributed by atoms with van der Waals surface area (Å²) >= 11 is 0. The van der Waals surface area contributed by atoms with Gasteiger partial charge in [0.1, 0.15) is 0 Å². The third-order valence-corrected chi connectivity index (χ3v) is 4.37. The van der Waals surface area contributed by atoms with Crippen molar-refractivity contribution >= 4 is 34.0 Å². The average Bonchev–Trinajstić information content (AvgIpc) is 3.05. The van der Waals surface area contributed by atoms with E-state index in [1.807, 2.05) is 12.1 Å². The number of para-hydroxylation sites is 1. The van der Waals surface area contributed by atoms with E-state index in [0.29, 0.717) is 11.3 Å². The smallest absolute Gasteiger partial charge is 0.340 e. The normalized spacial score (nSPS) is 10.7. The number of aryl methyl sites for hydroxylation is 1. The number of esters is 1. The van der Waals surface area contributed by atoms with E-state index in [-0.39, 0.29) is 35.9 Å². The van der Waals surface area contributed by atoms with Gasteiger partial charge in [0, 0.05) is 46.5 Å². The number of anilines is 1. The van der Waals surface area contributed by atoms with Crippen LogP contribution in [-0.2, 0) is 4.74 Å². The average molecular weight is 397 g/mol. The molecule has 0 aliphatic heterocycles. The molecular weight excluding hydrogens is 378 g/mol. The second kappa shape index (κ2) is 8.53. The van der Waals surface area contributed by atoms with Gasteiger partial charge in [-0.2, -0.15) is 0 Å². The lowest BCUT2D eigenvalue weighted by molar-refractivity contribution is -0.384. The van der Waals surface area contributed by atoms with E-state index in [0.717, 1.165) is 17.0 Å². The summed E-state index contributed by atoms with van der Waals surface area (Å²) in [7, 11) is 0. The summed E-state index contributed by atoms with van der Waals surface area (Å²) in [6, 6.07) is 10.9. The van der Waals surface area contributed by atoms with E-state index in [2.05, 4.69) is 10.3 Å². The molecule has 0 saturated heterocycles. The highest BCUT2D eigenvalue weighted by molar-refractivity contribution is 6.10. The van der Waals surface area contributed by atoms with Gasteiger partial charge >= 0.3 is 5.97 Å². The summed E-state index contributed by atoms with van der Waals surface area (Å²) in [5.74, 6) is -1.26. The van der Waals surface area contributed by atoms with Gasteiger partial charge < -0.3 is 20.1 Å². The lowest BCUT2D eigenvalue weighted by Gasteiger charge is -2.11. The molecule has 9 heteroatoms. The van der Waals surface area contributed by atoms with E-state index in [1.165, 1.54) is 12.1 Å². The standard InChI is InChI=1S/C20H19N3O6/c1-12-19(14-4-2-3-5-17(14)22-12)18(25)11-29-20(26)15-10-13(23(27)28)6-7-16(15)21-8-9-24/h2-7,10,21-22,24H,8-9,11H2,1H3. The number of ether oxygens (including phenoxy) is 1. The lowest BCUT2D eigenvalue weighted by atomic mass is 10.1. The van der Waals surface area contributed by atoms with Crippen molar-refractivity contribution in [2.75, 3.05) is 25.1 Å². The van der Waals surface area contributed by atoms with Gasteiger partial charge in [-0.15, -0.1) is 0 Å². The minimum absolute atomic E-state index is 0.0869. The number of ketones is 1. The topological polar surface area (TPSA) is 135 Å². The number of aromatic amines is 1. The molecule has 0 aliphatic carbocycles. The van der Waals surface area contributed by atoms with Gasteiger partial charge in [-0.3, -0.25) is 14.9 Å². The van der Waals surface area contributed by atoms with Crippen molar-refractivity contribution in [1.82, 2.24) is 4.98 Å². The molecule has 0 fully saturated rings. The Hall–Kier alpha value is -3.72. The first-order valence-electron chi connectivity index (χ1n) is 8.83. The molecule has 0 amide bonds. The first-order chi connectivity index (χ1) is 13.9. The monoisotopic (exact) mass is 397 g/mol. The first kappa shape index (κ1) is 20.0. The lowest BCUT2D eigenvalue weighted by Crippen LogP contribution is -2.17. The molecule has 0 saturated carbocycles. The van der Waals surface area contributed by atoms with Crippen LogP contribution in [0.4, 0.5) is 11.4 Å². The highest BCUT2D eigenvalue weighted by Crippen LogP contribution is 2.25. The molecule has 2 aromatic carbocycles. The fourth-order valence-corrected chi connectivity index (χ4v) is 3.08. The summed E-state index contributed by atoms with van der Waals surface area (Å²) in [5, 5.41) is 23.5. The van der Waals surface area contributed by atoms with Crippen molar-refractivity contribution in [2.45, 2.75) is 6.92 Å². The van der Waals surface area contributed by atoms with E-state index < -0.39 is 17.5 Å². The van der Waals surface area contributed by atoms with Crippen LogP contribution >= 0.6 is 0 Å². The molecule has 3 aromatic rings. The Morgan fingerprint density at radius 3 is 2.72 bits per heavy atom. The summed E-state index contributed by atoms with van der Waals surface area (Å²) < 4.78 is 5.15. The number of nitrogens with one attached hydrogen (secondary N) is 2. The van der Waals surface area contributed by atoms with Gasteiger partial charge in [0.15, 0.2) is 6.61 Å². The molecule has 0 bridgehead atoms. The van der Waals surface area contributed by atoms with Gasteiger partial charge in [0.2, 0.25) is 5.78 Å². The highest BCUT2D eigenvalue weighted by atomic mass is 16.6. The molecule has 0 radical (unpaired) electrons. The predicted molar refractivity (Wildman–Crippen MR) is 106 cm³/mol. The summed E-state index contributed by atoms with van der Waals surface area (Å²) in [4.78, 5) is 38.7. The second-order valence-corrected chi connectivity index (χ2v) is 6.31. The Labute approximate surface area is 165 Å². The molecule has 150 valence electrons. The molecule has 0 atom stereocenters. The Balaban J connectivity index is 1.81. The van der Waals surface area contributed by atoms with E-state index in [4.69, 9.17) is 9.84 Å².